The molecule has 0 spiro atoms. The normalized spacial score (nSPS) is 16.0. The van der Waals surface area contributed by atoms with Gasteiger partial charge in [0.25, 0.3) is 0 Å². The van der Waals surface area contributed by atoms with Crippen molar-refractivity contribution in [1.82, 2.24) is 10.2 Å². The maximum Gasteiger partial charge on any atom is 0.189 e. The fraction of sp³-hybridized carbons (Fsp3) is 0.0588. The summed E-state index contributed by atoms with van der Waals surface area (Å²) in [6.07, 6.45) is 2.63. The summed E-state index contributed by atoms with van der Waals surface area (Å²) in [7, 11) is 0. The maximum absolute atomic E-state index is 12.4. The predicted octanol–water partition coefficient (Wildman–Crippen LogP) is 3.39. The van der Waals surface area contributed by atoms with Crippen molar-refractivity contribution in [3.05, 3.63) is 70.9 Å². The summed E-state index contributed by atoms with van der Waals surface area (Å²) in [5.41, 5.74) is 4.56. The number of hydrogen-bond acceptors (Lipinski definition) is 2. The van der Waals surface area contributed by atoms with Crippen molar-refractivity contribution < 1.29 is 4.79 Å². The molecule has 2 aromatic carbocycles. The fourth-order valence-corrected chi connectivity index (χ4v) is 2.73. The number of ketones is 1. The monoisotopic (exact) mass is 260 g/mol. The summed E-state index contributed by atoms with van der Waals surface area (Å²) >= 11 is 0. The Morgan fingerprint density at radius 1 is 1.05 bits per heavy atom. The zero-order valence-electron chi connectivity index (χ0n) is 10.8. The third-order valence-corrected chi connectivity index (χ3v) is 3.74. The summed E-state index contributed by atoms with van der Waals surface area (Å²) in [6, 6.07) is 15.7. The van der Waals surface area contributed by atoms with E-state index in [2.05, 4.69) is 10.2 Å². The van der Waals surface area contributed by atoms with E-state index in [1.54, 1.807) is 0 Å². The Hall–Kier alpha value is -2.68. The molecule has 1 heterocycles. The van der Waals surface area contributed by atoms with E-state index in [9.17, 15) is 4.79 Å². The van der Waals surface area contributed by atoms with Gasteiger partial charge in [-0.1, -0.05) is 42.5 Å². The van der Waals surface area contributed by atoms with E-state index < -0.39 is 0 Å². The number of benzene rings is 2. The van der Waals surface area contributed by atoms with Gasteiger partial charge < -0.3 is 0 Å². The number of fused-ring (bicyclic) bond motifs is 2. The molecule has 0 atom stereocenters. The van der Waals surface area contributed by atoms with Gasteiger partial charge >= 0.3 is 0 Å². The van der Waals surface area contributed by atoms with Crippen molar-refractivity contribution >= 4 is 22.8 Å². The molecule has 0 saturated heterocycles. The molecule has 1 aromatic heterocycles. The average molecular weight is 260 g/mol. The van der Waals surface area contributed by atoms with Crippen LogP contribution in [0.15, 0.2) is 54.1 Å². The van der Waals surface area contributed by atoms with Crippen molar-refractivity contribution in [2.24, 2.45) is 0 Å². The molecular weight excluding hydrogens is 248 g/mol. The number of para-hydroxylation sites is 1. The minimum atomic E-state index is 0.124. The van der Waals surface area contributed by atoms with Crippen LogP contribution in [-0.4, -0.2) is 16.0 Å². The molecule has 3 heteroatoms. The molecule has 0 bridgehead atoms. The van der Waals surface area contributed by atoms with E-state index in [0.29, 0.717) is 6.42 Å². The van der Waals surface area contributed by atoms with E-state index in [4.69, 9.17) is 0 Å². The van der Waals surface area contributed by atoms with Crippen LogP contribution < -0.4 is 0 Å². The number of H-pyrrole nitrogens is 1. The molecule has 0 fully saturated rings. The van der Waals surface area contributed by atoms with Gasteiger partial charge in [-0.25, -0.2) is 0 Å². The van der Waals surface area contributed by atoms with Crippen LogP contribution in [0.2, 0.25) is 0 Å². The topological polar surface area (TPSA) is 45.8 Å². The lowest BCUT2D eigenvalue weighted by Crippen LogP contribution is -1.95. The van der Waals surface area contributed by atoms with Gasteiger partial charge in [0.1, 0.15) is 0 Å². The second-order valence-electron chi connectivity index (χ2n) is 4.99. The number of carbonyl (C=O) groups is 1. The molecule has 0 unspecified atom stereocenters. The number of aromatic amines is 1. The summed E-state index contributed by atoms with van der Waals surface area (Å²) in [5.74, 6) is 0.124. The lowest BCUT2D eigenvalue weighted by molar-refractivity contribution is 0.104. The average Bonchev–Trinajstić information content (AvgIpc) is 3.03. The van der Waals surface area contributed by atoms with E-state index in [0.717, 1.165) is 33.3 Å². The van der Waals surface area contributed by atoms with Crippen molar-refractivity contribution in [2.75, 3.05) is 0 Å². The van der Waals surface area contributed by atoms with Crippen LogP contribution in [0.3, 0.4) is 0 Å². The van der Waals surface area contributed by atoms with Crippen molar-refractivity contribution in [1.29, 1.82) is 0 Å². The van der Waals surface area contributed by atoms with Crippen LogP contribution in [0.4, 0.5) is 0 Å². The maximum atomic E-state index is 12.4. The lowest BCUT2D eigenvalue weighted by Gasteiger charge is -1.94. The molecule has 0 aliphatic heterocycles. The first-order chi connectivity index (χ1) is 9.83. The summed E-state index contributed by atoms with van der Waals surface area (Å²) < 4.78 is 0. The number of aromatic nitrogens is 2. The van der Waals surface area contributed by atoms with Gasteiger partial charge in [0.05, 0.1) is 11.2 Å². The van der Waals surface area contributed by atoms with Crippen LogP contribution in [0, 0.1) is 0 Å². The number of Topliss-reactive ketones (excluding diaryl/α,β-unsaturated/α-hetero) is 1. The van der Waals surface area contributed by atoms with Gasteiger partial charge in [-0.15, -0.1) is 0 Å². The van der Waals surface area contributed by atoms with Crippen LogP contribution in [0.25, 0.3) is 17.0 Å². The first-order valence-electron chi connectivity index (χ1n) is 6.59. The van der Waals surface area contributed by atoms with Crippen LogP contribution >= 0.6 is 0 Å². The first kappa shape index (κ1) is 11.2. The number of rotatable bonds is 1. The lowest BCUT2D eigenvalue weighted by atomic mass is 10.1. The second-order valence-corrected chi connectivity index (χ2v) is 4.99. The zero-order valence-corrected chi connectivity index (χ0v) is 10.8. The van der Waals surface area contributed by atoms with Crippen molar-refractivity contribution in [3.8, 4) is 0 Å². The third-order valence-electron chi connectivity index (χ3n) is 3.74. The minimum absolute atomic E-state index is 0.124. The molecule has 20 heavy (non-hydrogen) atoms. The van der Waals surface area contributed by atoms with Crippen LogP contribution in [-0.2, 0) is 6.42 Å². The molecule has 1 N–H and O–H groups in total. The smallest absolute Gasteiger partial charge is 0.189 e. The SMILES string of the molecule is O=C1/C(=C/c2[nH]nc3ccccc23)Cc2ccccc21. The highest BCUT2D eigenvalue weighted by Crippen LogP contribution is 2.28. The van der Waals surface area contributed by atoms with Crippen LogP contribution in [0.5, 0.6) is 0 Å². The van der Waals surface area contributed by atoms with E-state index in [-0.39, 0.29) is 5.78 Å². The number of allylic oxidation sites excluding steroid dienone is 1. The number of nitrogens with one attached hydrogen (secondary N) is 1. The minimum Gasteiger partial charge on any atom is -0.289 e. The van der Waals surface area contributed by atoms with Gasteiger partial charge in [0, 0.05) is 22.9 Å². The number of nitrogens with zero attached hydrogens (tertiary/aromatic N) is 1. The molecule has 96 valence electrons. The number of carbonyl (C=O) groups excluding carboxylic acids is 1. The highest BCUT2D eigenvalue weighted by Gasteiger charge is 2.24. The highest BCUT2D eigenvalue weighted by atomic mass is 16.1. The molecule has 1 aliphatic carbocycles. The van der Waals surface area contributed by atoms with Gasteiger partial charge in [-0.05, 0) is 17.7 Å². The summed E-state index contributed by atoms with van der Waals surface area (Å²) in [6.45, 7) is 0. The van der Waals surface area contributed by atoms with Crippen LogP contribution in [0.1, 0.15) is 21.6 Å². The third kappa shape index (κ3) is 1.60. The molecular formula is C17H12N2O. The Balaban J connectivity index is 1.81. The summed E-state index contributed by atoms with van der Waals surface area (Å²) in [4.78, 5) is 12.4. The Kier molecular flexibility index (Phi) is 2.33. The Morgan fingerprint density at radius 2 is 1.85 bits per heavy atom. The molecule has 3 nitrogen and oxygen atoms in total. The van der Waals surface area contributed by atoms with E-state index >= 15 is 0 Å². The standard InChI is InChI=1S/C17H12N2O/c20-17-12(9-11-5-1-2-6-13(11)17)10-16-14-7-3-4-8-15(14)18-19-16/h1-8,10H,9H2,(H,18,19)/b12-10+. The summed E-state index contributed by atoms with van der Waals surface area (Å²) in [5, 5.41) is 8.31. The quantitative estimate of drug-likeness (QED) is 0.682. The molecule has 3 aromatic rings. The van der Waals surface area contributed by atoms with Gasteiger partial charge in [-0.3, -0.25) is 9.89 Å². The number of hydrogen-bond donors (Lipinski definition) is 1. The van der Waals surface area contributed by atoms with E-state index in [1.165, 1.54) is 0 Å². The molecule has 4 rings (SSSR count). The predicted molar refractivity (Wildman–Crippen MR) is 78.5 cm³/mol. The van der Waals surface area contributed by atoms with Crippen molar-refractivity contribution in [2.45, 2.75) is 6.42 Å². The Morgan fingerprint density at radius 3 is 2.75 bits per heavy atom. The van der Waals surface area contributed by atoms with Crippen molar-refractivity contribution in [3.63, 3.8) is 0 Å². The fourth-order valence-electron chi connectivity index (χ4n) is 2.73. The highest BCUT2D eigenvalue weighted by molar-refractivity contribution is 6.16. The molecule has 0 saturated carbocycles. The Bertz CT molecular complexity index is 858. The zero-order chi connectivity index (χ0) is 13.5. The van der Waals surface area contributed by atoms with E-state index in [1.807, 2.05) is 54.6 Å². The largest absolute Gasteiger partial charge is 0.289 e. The molecule has 1 aliphatic rings. The Labute approximate surface area is 115 Å². The second kappa shape index (κ2) is 4.17. The van der Waals surface area contributed by atoms with Gasteiger partial charge in [-0.2, -0.15) is 5.10 Å². The van der Waals surface area contributed by atoms with Gasteiger partial charge in [0.15, 0.2) is 5.78 Å². The molecule has 0 radical (unpaired) electrons. The molecule has 0 amide bonds. The van der Waals surface area contributed by atoms with Gasteiger partial charge in [0.2, 0.25) is 0 Å². The first-order valence-corrected chi connectivity index (χ1v) is 6.59.